The summed E-state index contributed by atoms with van der Waals surface area (Å²) in [4.78, 5) is 18.6. The first-order valence-corrected chi connectivity index (χ1v) is 5.17. The molecule has 0 aromatic heterocycles. The second-order valence-corrected chi connectivity index (χ2v) is 2.76. The van der Waals surface area contributed by atoms with Gasteiger partial charge in [0.05, 0.1) is 24.7 Å². The van der Waals surface area contributed by atoms with Crippen LogP contribution in [-0.4, -0.2) is 68.3 Å². The Morgan fingerprint density at radius 3 is 1.12 bits per heavy atom. The number of hydrogen-bond donors (Lipinski definition) is 7. The molecule has 7 nitrogen and oxygen atoms in total. The minimum atomic E-state index is -0.954. The van der Waals surface area contributed by atoms with Crippen molar-refractivity contribution in [1.82, 2.24) is 0 Å². The summed E-state index contributed by atoms with van der Waals surface area (Å²) < 4.78 is 0. The second kappa shape index (κ2) is 16.9. The Morgan fingerprint density at radius 2 is 1.12 bits per heavy atom. The summed E-state index contributed by atoms with van der Waals surface area (Å²) in [6.45, 7) is -0.729. The summed E-state index contributed by atoms with van der Waals surface area (Å²) in [5, 5.41) is 39.3. The lowest BCUT2D eigenvalue weighted by Gasteiger charge is -1.96. The Balaban J connectivity index is -0.000000160. The van der Waals surface area contributed by atoms with Crippen molar-refractivity contribution in [2.24, 2.45) is 0 Å². The zero-order valence-corrected chi connectivity index (χ0v) is 10.1. The summed E-state index contributed by atoms with van der Waals surface area (Å²) in [7, 11) is 0. The van der Waals surface area contributed by atoms with Crippen LogP contribution >= 0.6 is 25.3 Å². The number of aliphatic carboxylic acids is 2. The Bertz CT molecular complexity index is 158. The number of carboxylic acids is 2. The highest BCUT2D eigenvalue weighted by atomic mass is 32.1. The molecule has 0 saturated carbocycles. The first kappa shape index (κ1) is 20.9. The van der Waals surface area contributed by atoms with Crippen molar-refractivity contribution in [2.45, 2.75) is 6.10 Å². The van der Waals surface area contributed by atoms with Crippen LogP contribution in [0, 0.1) is 0 Å². The van der Waals surface area contributed by atoms with Crippen molar-refractivity contribution < 1.29 is 35.1 Å². The zero-order valence-electron chi connectivity index (χ0n) is 8.35. The first-order valence-electron chi connectivity index (χ1n) is 3.90. The van der Waals surface area contributed by atoms with Crippen LogP contribution in [0.5, 0.6) is 0 Å². The predicted octanol–water partition coefficient (Wildman–Crippen LogP) is -1.67. The monoisotopic (exact) mass is 276 g/mol. The second-order valence-electron chi connectivity index (χ2n) is 2.12. The van der Waals surface area contributed by atoms with E-state index in [1.807, 2.05) is 0 Å². The largest absolute Gasteiger partial charge is 0.481 e. The lowest BCUT2D eigenvalue weighted by molar-refractivity contribution is -0.134. The van der Waals surface area contributed by atoms with E-state index in [1.165, 1.54) is 0 Å². The van der Waals surface area contributed by atoms with Crippen LogP contribution in [0.2, 0.25) is 0 Å². The van der Waals surface area contributed by atoms with E-state index in [4.69, 9.17) is 25.5 Å². The number of hydrogen-bond acceptors (Lipinski definition) is 7. The molecule has 0 bridgehead atoms. The van der Waals surface area contributed by atoms with E-state index in [2.05, 4.69) is 25.3 Å². The summed E-state index contributed by atoms with van der Waals surface area (Å²) in [6.07, 6.45) is -0.954. The fourth-order valence-electron chi connectivity index (χ4n) is 0.0577. The van der Waals surface area contributed by atoms with E-state index < -0.39 is 18.0 Å². The molecule has 0 spiro atoms. The standard InChI is InChI=1S/C3H8O3.2C2H4O2S/c4-1-3(6)2-5;2*3-2(4)1-5/h3-6H,1-2H2;2*5H,1H2,(H,3,4). The van der Waals surface area contributed by atoms with E-state index in [9.17, 15) is 9.59 Å². The summed E-state index contributed by atoms with van der Waals surface area (Å²) >= 11 is 6.83. The molecule has 0 aliphatic rings. The van der Waals surface area contributed by atoms with Crippen molar-refractivity contribution >= 4 is 37.2 Å². The third-order valence-corrected chi connectivity index (χ3v) is 1.23. The minimum Gasteiger partial charge on any atom is -0.481 e. The molecule has 0 fully saturated rings. The molecule has 0 aliphatic carbocycles. The quantitative estimate of drug-likeness (QED) is 0.305. The molecule has 5 N–H and O–H groups in total. The van der Waals surface area contributed by atoms with Crippen molar-refractivity contribution in [2.75, 3.05) is 24.7 Å². The number of carboxylic acid groups (broad SMARTS) is 2. The van der Waals surface area contributed by atoms with Crippen LogP contribution in [-0.2, 0) is 9.59 Å². The van der Waals surface area contributed by atoms with Crippen LogP contribution in [0.25, 0.3) is 0 Å². The van der Waals surface area contributed by atoms with Gasteiger partial charge in [0, 0.05) is 0 Å². The Hall–Kier alpha value is -0.480. The zero-order chi connectivity index (χ0) is 13.6. The van der Waals surface area contributed by atoms with Crippen molar-refractivity contribution in [3.63, 3.8) is 0 Å². The lowest BCUT2D eigenvalue weighted by Crippen LogP contribution is -2.15. The molecule has 0 saturated heterocycles. The van der Waals surface area contributed by atoms with E-state index in [0.717, 1.165) is 0 Å². The molecule has 0 unspecified atom stereocenters. The maximum absolute atomic E-state index is 9.29. The van der Waals surface area contributed by atoms with Gasteiger partial charge < -0.3 is 25.5 Å². The Kier molecular flexibility index (Phi) is 22.1. The molecule has 0 heterocycles. The molecule has 0 amide bonds. The summed E-state index contributed by atoms with van der Waals surface area (Å²) in [5.74, 6) is -1.93. The third-order valence-electron chi connectivity index (χ3n) is 0.692. The molecule has 98 valence electrons. The minimum absolute atomic E-state index is 0.0833. The third kappa shape index (κ3) is 37.5. The van der Waals surface area contributed by atoms with E-state index in [0.29, 0.717) is 0 Å². The van der Waals surface area contributed by atoms with Gasteiger partial charge in [-0.05, 0) is 0 Å². The van der Waals surface area contributed by atoms with Crippen molar-refractivity contribution in [3.05, 3.63) is 0 Å². The van der Waals surface area contributed by atoms with Gasteiger partial charge in [0.2, 0.25) is 0 Å². The highest BCUT2D eigenvalue weighted by Crippen LogP contribution is 1.71. The average Bonchev–Trinajstić information content (AvgIpc) is 2.29. The van der Waals surface area contributed by atoms with Crippen LogP contribution < -0.4 is 0 Å². The van der Waals surface area contributed by atoms with Gasteiger partial charge in [0.25, 0.3) is 0 Å². The fraction of sp³-hybridized carbons (Fsp3) is 0.714. The normalized spacial score (nSPS) is 8.38. The van der Waals surface area contributed by atoms with Gasteiger partial charge >= 0.3 is 11.9 Å². The van der Waals surface area contributed by atoms with Crippen molar-refractivity contribution in [1.29, 1.82) is 0 Å². The molecular weight excluding hydrogens is 260 g/mol. The van der Waals surface area contributed by atoms with Crippen LogP contribution in [0.15, 0.2) is 0 Å². The van der Waals surface area contributed by atoms with Gasteiger partial charge in [-0.1, -0.05) is 0 Å². The molecule has 0 aromatic carbocycles. The van der Waals surface area contributed by atoms with E-state index in [-0.39, 0.29) is 24.7 Å². The Morgan fingerprint density at radius 1 is 0.938 bits per heavy atom. The SMILES string of the molecule is O=C(O)CS.O=C(O)CS.OCC(O)CO. The smallest absolute Gasteiger partial charge is 0.313 e. The molecule has 9 heteroatoms. The number of aliphatic hydroxyl groups is 3. The topological polar surface area (TPSA) is 135 Å². The Labute approximate surface area is 104 Å². The van der Waals surface area contributed by atoms with Gasteiger partial charge in [0.1, 0.15) is 6.10 Å². The summed E-state index contributed by atoms with van der Waals surface area (Å²) in [5.41, 5.74) is 0. The van der Waals surface area contributed by atoms with Gasteiger partial charge in [0.15, 0.2) is 0 Å². The van der Waals surface area contributed by atoms with Gasteiger partial charge in [-0.25, -0.2) is 0 Å². The maximum atomic E-state index is 9.29. The van der Waals surface area contributed by atoms with Gasteiger partial charge in [-0.3, -0.25) is 9.59 Å². The molecule has 0 rings (SSSR count). The van der Waals surface area contributed by atoms with E-state index in [1.54, 1.807) is 0 Å². The van der Waals surface area contributed by atoms with Crippen molar-refractivity contribution in [3.8, 4) is 0 Å². The first-order chi connectivity index (χ1) is 7.35. The highest BCUT2D eigenvalue weighted by molar-refractivity contribution is 7.81. The number of carbonyl (C=O) groups is 2. The molecule has 0 aromatic rings. The van der Waals surface area contributed by atoms with Gasteiger partial charge in [-0.15, -0.1) is 0 Å². The highest BCUT2D eigenvalue weighted by Gasteiger charge is 1.93. The molecular formula is C7H16O7S2. The molecule has 0 radical (unpaired) electrons. The van der Waals surface area contributed by atoms with Crippen LogP contribution in [0.3, 0.4) is 0 Å². The van der Waals surface area contributed by atoms with Crippen LogP contribution in [0.1, 0.15) is 0 Å². The van der Waals surface area contributed by atoms with Gasteiger partial charge in [-0.2, -0.15) is 25.3 Å². The molecule has 16 heavy (non-hydrogen) atoms. The lowest BCUT2D eigenvalue weighted by atomic mass is 10.4. The number of aliphatic hydroxyl groups excluding tert-OH is 3. The van der Waals surface area contributed by atoms with Crippen LogP contribution in [0.4, 0.5) is 0 Å². The average molecular weight is 276 g/mol. The fourth-order valence-corrected chi connectivity index (χ4v) is 0.0577. The molecule has 0 atom stereocenters. The maximum Gasteiger partial charge on any atom is 0.313 e. The summed E-state index contributed by atoms with van der Waals surface area (Å²) in [6, 6.07) is 0. The van der Waals surface area contributed by atoms with E-state index >= 15 is 0 Å². The predicted molar refractivity (Wildman–Crippen MR) is 63.2 cm³/mol. The number of rotatable bonds is 4. The number of thiol groups is 2. The molecule has 0 aliphatic heterocycles.